The van der Waals surface area contributed by atoms with Crippen molar-refractivity contribution in [3.05, 3.63) is 0 Å². The van der Waals surface area contributed by atoms with Gasteiger partial charge in [0.2, 0.25) is 5.91 Å². The van der Waals surface area contributed by atoms with E-state index in [1.54, 1.807) is 0 Å². The average molecular weight is 205 g/mol. The lowest BCUT2D eigenvalue weighted by Gasteiger charge is -2.03. The van der Waals surface area contributed by atoms with E-state index in [4.69, 9.17) is 4.74 Å². The summed E-state index contributed by atoms with van der Waals surface area (Å²) in [6, 6.07) is 0. The van der Waals surface area contributed by atoms with Gasteiger partial charge in [-0.15, -0.1) is 0 Å². The van der Waals surface area contributed by atoms with Crippen molar-refractivity contribution >= 4 is 24.8 Å². The summed E-state index contributed by atoms with van der Waals surface area (Å²) in [6.45, 7) is 1.58. The van der Waals surface area contributed by atoms with E-state index in [9.17, 15) is 9.59 Å². The Morgan fingerprint density at radius 3 is 2.85 bits per heavy atom. The van der Waals surface area contributed by atoms with Gasteiger partial charge in [-0.1, -0.05) is 0 Å². The molecule has 0 atom stereocenters. The van der Waals surface area contributed by atoms with Crippen molar-refractivity contribution in [3.63, 3.8) is 0 Å². The SMILES string of the molecule is O=CCCC(=O)NCCOCCS. The van der Waals surface area contributed by atoms with E-state index in [1.165, 1.54) is 0 Å². The highest BCUT2D eigenvalue weighted by atomic mass is 32.1. The molecule has 0 spiro atoms. The molecular formula is C8H15NO3S. The zero-order valence-electron chi connectivity index (χ0n) is 7.49. The van der Waals surface area contributed by atoms with E-state index in [1.807, 2.05) is 0 Å². The van der Waals surface area contributed by atoms with Gasteiger partial charge in [0.25, 0.3) is 0 Å². The highest BCUT2D eigenvalue weighted by molar-refractivity contribution is 7.80. The van der Waals surface area contributed by atoms with Gasteiger partial charge in [0, 0.05) is 25.1 Å². The minimum atomic E-state index is -0.110. The van der Waals surface area contributed by atoms with Gasteiger partial charge in [-0.05, 0) is 0 Å². The van der Waals surface area contributed by atoms with E-state index < -0.39 is 0 Å². The average Bonchev–Trinajstić information content (AvgIpc) is 2.14. The van der Waals surface area contributed by atoms with Gasteiger partial charge in [-0.25, -0.2) is 0 Å². The van der Waals surface area contributed by atoms with Gasteiger partial charge in [0.05, 0.1) is 13.2 Å². The Balaban J connectivity index is 3.12. The van der Waals surface area contributed by atoms with Crippen molar-refractivity contribution in [1.82, 2.24) is 5.32 Å². The van der Waals surface area contributed by atoms with Crippen LogP contribution in [0.25, 0.3) is 0 Å². The van der Waals surface area contributed by atoms with E-state index in [0.29, 0.717) is 25.5 Å². The number of thiol groups is 1. The summed E-state index contributed by atoms with van der Waals surface area (Å²) in [5.74, 6) is 0.570. The van der Waals surface area contributed by atoms with E-state index >= 15 is 0 Å². The summed E-state index contributed by atoms with van der Waals surface area (Å²) in [5.41, 5.74) is 0. The summed E-state index contributed by atoms with van der Waals surface area (Å²) in [4.78, 5) is 20.8. The van der Waals surface area contributed by atoms with E-state index in [2.05, 4.69) is 17.9 Å². The van der Waals surface area contributed by atoms with Crippen LogP contribution in [0.5, 0.6) is 0 Å². The summed E-state index contributed by atoms with van der Waals surface area (Å²) in [6.07, 6.45) is 1.27. The van der Waals surface area contributed by atoms with Gasteiger partial charge in [-0.2, -0.15) is 12.6 Å². The second-order valence-electron chi connectivity index (χ2n) is 2.39. The molecule has 0 radical (unpaired) electrons. The molecule has 1 amide bonds. The quantitative estimate of drug-likeness (QED) is 0.334. The summed E-state index contributed by atoms with van der Waals surface area (Å²) in [7, 11) is 0. The van der Waals surface area contributed by atoms with Gasteiger partial charge in [0.1, 0.15) is 6.29 Å². The molecule has 0 heterocycles. The smallest absolute Gasteiger partial charge is 0.220 e. The topological polar surface area (TPSA) is 55.4 Å². The maximum absolute atomic E-state index is 10.9. The fraction of sp³-hybridized carbons (Fsp3) is 0.750. The second-order valence-corrected chi connectivity index (χ2v) is 2.84. The Labute approximate surface area is 83.4 Å². The molecule has 5 heteroatoms. The monoisotopic (exact) mass is 205 g/mol. The van der Waals surface area contributed by atoms with Crippen molar-refractivity contribution < 1.29 is 14.3 Å². The third kappa shape index (κ3) is 9.36. The third-order valence-electron chi connectivity index (χ3n) is 1.29. The second kappa shape index (κ2) is 9.54. The zero-order valence-corrected chi connectivity index (χ0v) is 8.39. The van der Waals surface area contributed by atoms with Crippen LogP contribution in [-0.2, 0) is 14.3 Å². The first-order valence-corrected chi connectivity index (χ1v) is 4.83. The first-order chi connectivity index (χ1) is 6.31. The molecule has 0 aromatic carbocycles. The van der Waals surface area contributed by atoms with Crippen LogP contribution >= 0.6 is 12.6 Å². The van der Waals surface area contributed by atoms with Crippen molar-refractivity contribution in [3.8, 4) is 0 Å². The Morgan fingerprint density at radius 1 is 1.46 bits per heavy atom. The minimum absolute atomic E-state index is 0.110. The summed E-state index contributed by atoms with van der Waals surface area (Å²) in [5, 5.41) is 2.63. The lowest BCUT2D eigenvalue weighted by molar-refractivity contribution is -0.122. The molecule has 0 aliphatic heterocycles. The molecule has 1 N–H and O–H groups in total. The molecule has 0 bridgehead atoms. The third-order valence-corrected chi connectivity index (χ3v) is 1.48. The number of amides is 1. The van der Waals surface area contributed by atoms with Crippen molar-refractivity contribution in [1.29, 1.82) is 0 Å². The number of carbonyl (C=O) groups excluding carboxylic acids is 2. The number of ether oxygens (including phenoxy) is 1. The first kappa shape index (κ1) is 12.4. The number of hydrogen-bond acceptors (Lipinski definition) is 4. The largest absolute Gasteiger partial charge is 0.379 e. The van der Waals surface area contributed by atoms with Crippen molar-refractivity contribution in [2.75, 3.05) is 25.5 Å². The lowest BCUT2D eigenvalue weighted by Crippen LogP contribution is -2.27. The predicted octanol–water partition coefficient (Wildman–Crippen LogP) is 0.0281. The van der Waals surface area contributed by atoms with Crippen LogP contribution in [0.1, 0.15) is 12.8 Å². The fourth-order valence-corrected chi connectivity index (χ4v) is 0.837. The zero-order chi connectivity index (χ0) is 9.94. The van der Waals surface area contributed by atoms with Crippen LogP contribution in [-0.4, -0.2) is 37.7 Å². The number of rotatable bonds is 8. The predicted molar refractivity (Wildman–Crippen MR) is 53.0 cm³/mol. The van der Waals surface area contributed by atoms with Crippen LogP contribution in [0.3, 0.4) is 0 Å². The molecule has 0 saturated carbocycles. The van der Waals surface area contributed by atoms with E-state index in [-0.39, 0.29) is 18.7 Å². The minimum Gasteiger partial charge on any atom is -0.379 e. The maximum Gasteiger partial charge on any atom is 0.220 e. The Kier molecular flexibility index (Phi) is 9.13. The van der Waals surface area contributed by atoms with Gasteiger partial charge < -0.3 is 14.8 Å². The number of hydrogen-bond donors (Lipinski definition) is 2. The summed E-state index contributed by atoms with van der Waals surface area (Å²) < 4.78 is 5.08. The van der Waals surface area contributed by atoms with Crippen LogP contribution in [0, 0.1) is 0 Å². The molecule has 0 aliphatic carbocycles. The Morgan fingerprint density at radius 2 is 2.23 bits per heavy atom. The molecule has 0 aromatic heterocycles. The first-order valence-electron chi connectivity index (χ1n) is 4.20. The molecule has 0 rings (SSSR count). The molecule has 4 nitrogen and oxygen atoms in total. The van der Waals surface area contributed by atoms with Gasteiger partial charge >= 0.3 is 0 Å². The summed E-state index contributed by atoms with van der Waals surface area (Å²) >= 11 is 3.96. The molecule has 0 aliphatic rings. The number of carbonyl (C=O) groups is 2. The number of nitrogens with one attached hydrogen (secondary N) is 1. The standard InChI is InChI=1S/C8H15NO3S/c10-4-1-2-8(11)9-3-5-12-6-7-13/h4,13H,1-3,5-7H2,(H,9,11). The molecule has 0 saturated heterocycles. The molecule has 0 fully saturated rings. The van der Waals surface area contributed by atoms with Crippen LogP contribution in [0.15, 0.2) is 0 Å². The van der Waals surface area contributed by atoms with Gasteiger partial charge in [-0.3, -0.25) is 4.79 Å². The number of aldehydes is 1. The lowest BCUT2D eigenvalue weighted by atomic mass is 10.3. The Bertz CT molecular complexity index is 152. The Hall–Kier alpha value is -0.550. The maximum atomic E-state index is 10.9. The van der Waals surface area contributed by atoms with Crippen LogP contribution in [0.2, 0.25) is 0 Å². The molecule has 76 valence electrons. The van der Waals surface area contributed by atoms with Crippen molar-refractivity contribution in [2.24, 2.45) is 0 Å². The highest BCUT2D eigenvalue weighted by Crippen LogP contribution is 1.83. The highest BCUT2D eigenvalue weighted by Gasteiger charge is 1.98. The normalized spacial score (nSPS) is 9.62. The van der Waals surface area contributed by atoms with Crippen LogP contribution < -0.4 is 5.32 Å². The molecular weight excluding hydrogens is 190 g/mol. The fourth-order valence-electron chi connectivity index (χ4n) is 0.708. The molecule has 13 heavy (non-hydrogen) atoms. The van der Waals surface area contributed by atoms with Crippen molar-refractivity contribution in [2.45, 2.75) is 12.8 Å². The molecule has 0 aromatic rings. The van der Waals surface area contributed by atoms with Crippen LogP contribution in [0.4, 0.5) is 0 Å². The van der Waals surface area contributed by atoms with Gasteiger partial charge in [0.15, 0.2) is 0 Å². The van der Waals surface area contributed by atoms with E-state index in [0.717, 1.165) is 6.29 Å². The molecule has 0 unspecified atom stereocenters.